The molecule has 4 heteroatoms. The van der Waals surface area contributed by atoms with Gasteiger partial charge in [0.2, 0.25) is 0 Å². The van der Waals surface area contributed by atoms with Crippen LogP contribution < -0.4 is 10.6 Å². The minimum Gasteiger partial charge on any atom is -0.359 e. The molecule has 1 aromatic rings. The molecule has 0 fully saturated rings. The SMILES string of the molecule is C=CCNC(=S)Nc1ccc(Br)c(C)c1. The van der Waals surface area contributed by atoms with Crippen LogP contribution >= 0.6 is 28.1 Å². The third-order valence-electron chi connectivity index (χ3n) is 1.82. The minimum absolute atomic E-state index is 0.608. The Morgan fingerprint density at radius 2 is 2.33 bits per heavy atom. The second kappa shape index (κ2) is 5.88. The van der Waals surface area contributed by atoms with E-state index >= 15 is 0 Å². The van der Waals surface area contributed by atoms with E-state index in [1.54, 1.807) is 6.08 Å². The van der Waals surface area contributed by atoms with E-state index in [9.17, 15) is 0 Å². The van der Waals surface area contributed by atoms with Crippen LogP contribution in [-0.2, 0) is 0 Å². The molecule has 0 unspecified atom stereocenters. The minimum atomic E-state index is 0.608. The van der Waals surface area contributed by atoms with Gasteiger partial charge in [-0.2, -0.15) is 0 Å². The van der Waals surface area contributed by atoms with E-state index < -0.39 is 0 Å². The molecule has 0 radical (unpaired) electrons. The van der Waals surface area contributed by atoms with Crippen LogP contribution in [0.3, 0.4) is 0 Å². The van der Waals surface area contributed by atoms with E-state index in [2.05, 4.69) is 33.1 Å². The summed E-state index contributed by atoms with van der Waals surface area (Å²) in [6.45, 7) is 6.31. The van der Waals surface area contributed by atoms with Crippen LogP contribution in [0.4, 0.5) is 5.69 Å². The fourth-order valence-electron chi connectivity index (χ4n) is 1.06. The first-order chi connectivity index (χ1) is 7.13. The van der Waals surface area contributed by atoms with Gasteiger partial charge in [-0.3, -0.25) is 0 Å². The molecule has 1 aromatic carbocycles. The highest BCUT2D eigenvalue weighted by molar-refractivity contribution is 9.10. The van der Waals surface area contributed by atoms with Crippen molar-refractivity contribution < 1.29 is 0 Å². The molecule has 0 aromatic heterocycles. The molecule has 0 saturated carbocycles. The summed E-state index contributed by atoms with van der Waals surface area (Å²) in [7, 11) is 0. The summed E-state index contributed by atoms with van der Waals surface area (Å²) in [5.74, 6) is 0. The number of thiocarbonyl (C=S) groups is 1. The van der Waals surface area contributed by atoms with Crippen molar-refractivity contribution in [3.05, 3.63) is 40.9 Å². The fraction of sp³-hybridized carbons (Fsp3) is 0.182. The number of hydrogen-bond acceptors (Lipinski definition) is 1. The van der Waals surface area contributed by atoms with Gasteiger partial charge in [0, 0.05) is 16.7 Å². The van der Waals surface area contributed by atoms with Crippen LogP contribution in [0.5, 0.6) is 0 Å². The lowest BCUT2D eigenvalue weighted by Gasteiger charge is -2.09. The van der Waals surface area contributed by atoms with Gasteiger partial charge < -0.3 is 10.6 Å². The lowest BCUT2D eigenvalue weighted by atomic mass is 10.2. The smallest absolute Gasteiger partial charge is 0.171 e. The van der Waals surface area contributed by atoms with E-state index in [1.807, 2.05) is 25.1 Å². The number of anilines is 1. The van der Waals surface area contributed by atoms with Gasteiger partial charge in [0.05, 0.1) is 0 Å². The van der Waals surface area contributed by atoms with Gasteiger partial charge >= 0.3 is 0 Å². The monoisotopic (exact) mass is 284 g/mol. The van der Waals surface area contributed by atoms with Gasteiger partial charge in [-0.1, -0.05) is 22.0 Å². The summed E-state index contributed by atoms with van der Waals surface area (Å²) in [5.41, 5.74) is 2.16. The molecule has 0 bridgehead atoms. The maximum absolute atomic E-state index is 5.10. The molecule has 15 heavy (non-hydrogen) atoms. The fourth-order valence-corrected chi connectivity index (χ4v) is 1.51. The molecule has 0 aliphatic heterocycles. The molecule has 0 spiro atoms. The quantitative estimate of drug-likeness (QED) is 0.658. The maximum atomic E-state index is 5.10. The maximum Gasteiger partial charge on any atom is 0.171 e. The zero-order valence-corrected chi connectivity index (χ0v) is 10.9. The van der Waals surface area contributed by atoms with Crippen LogP contribution in [0.2, 0.25) is 0 Å². The van der Waals surface area contributed by atoms with Crippen molar-refractivity contribution in [2.75, 3.05) is 11.9 Å². The van der Waals surface area contributed by atoms with E-state index in [0.29, 0.717) is 11.7 Å². The van der Waals surface area contributed by atoms with E-state index in [0.717, 1.165) is 10.2 Å². The van der Waals surface area contributed by atoms with Gasteiger partial charge in [0.25, 0.3) is 0 Å². The predicted molar refractivity (Wildman–Crippen MR) is 73.3 cm³/mol. The van der Waals surface area contributed by atoms with Crippen LogP contribution in [0, 0.1) is 6.92 Å². The standard InChI is InChI=1S/C11H13BrN2S/c1-3-6-13-11(15)14-9-4-5-10(12)8(2)7-9/h3-5,7H,1,6H2,2H3,(H2,13,14,15). The summed E-state index contributed by atoms with van der Waals surface area (Å²) in [6, 6.07) is 6.00. The number of benzene rings is 1. The highest BCUT2D eigenvalue weighted by Gasteiger charge is 1.98. The van der Waals surface area contributed by atoms with Gasteiger partial charge in [-0.05, 0) is 42.9 Å². The van der Waals surface area contributed by atoms with Crippen molar-refractivity contribution >= 4 is 38.9 Å². The Morgan fingerprint density at radius 1 is 1.60 bits per heavy atom. The molecule has 1 rings (SSSR count). The largest absolute Gasteiger partial charge is 0.359 e. The van der Waals surface area contributed by atoms with Gasteiger partial charge in [-0.25, -0.2) is 0 Å². The second-order valence-electron chi connectivity index (χ2n) is 3.09. The van der Waals surface area contributed by atoms with Crippen molar-refractivity contribution in [3.63, 3.8) is 0 Å². The molecule has 0 saturated heterocycles. The summed E-state index contributed by atoms with van der Waals surface area (Å²) >= 11 is 8.54. The molecule has 0 aliphatic carbocycles. The number of halogens is 1. The first-order valence-corrected chi connectivity index (χ1v) is 5.75. The molecule has 0 aliphatic rings. The number of aryl methyl sites for hydroxylation is 1. The Kier molecular flexibility index (Phi) is 4.78. The molecular weight excluding hydrogens is 272 g/mol. The summed E-state index contributed by atoms with van der Waals surface area (Å²) < 4.78 is 1.10. The Balaban J connectivity index is 2.60. The van der Waals surface area contributed by atoms with E-state index in [-0.39, 0.29) is 0 Å². The normalized spacial score (nSPS) is 9.47. The molecule has 80 valence electrons. The topological polar surface area (TPSA) is 24.1 Å². The average Bonchev–Trinajstić information content (AvgIpc) is 2.20. The molecule has 0 heterocycles. The van der Waals surface area contributed by atoms with Crippen molar-refractivity contribution in [3.8, 4) is 0 Å². The van der Waals surface area contributed by atoms with Gasteiger partial charge in [0.1, 0.15) is 0 Å². The third kappa shape index (κ3) is 4.01. The predicted octanol–water partition coefficient (Wildman–Crippen LogP) is 3.23. The van der Waals surface area contributed by atoms with E-state index in [1.165, 1.54) is 5.56 Å². The number of hydrogen-bond donors (Lipinski definition) is 2. The second-order valence-corrected chi connectivity index (χ2v) is 4.35. The van der Waals surface area contributed by atoms with E-state index in [4.69, 9.17) is 12.2 Å². The van der Waals surface area contributed by atoms with Gasteiger partial charge in [0.15, 0.2) is 5.11 Å². The van der Waals surface area contributed by atoms with Crippen LogP contribution in [0.25, 0.3) is 0 Å². The van der Waals surface area contributed by atoms with Crippen molar-refractivity contribution in [1.29, 1.82) is 0 Å². The summed E-state index contributed by atoms with van der Waals surface area (Å²) in [6.07, 6.45) is 1.76. The lowest BCUT2D eigenvalue weighted by molar-refractivity contribution is 1.06. The van der Waals surface area contributed by atoms with Crippen LogP contribution in [0.15, 0.2) is 35.3 Å². The van der Waals surface area contributed by atoms with Crippen molar-refractivity contribution in [1.82, 2.24) is 5.32 Å². The Hall–Kier alpha value is -0.870. The molecular formula is C11H13BrN2S. The Morgan fingerprint density at radius 3 is 2.93 bits per heavy atom. The molecule has 0 amide bonds. The van der Waals surface area contributed by atoms with Crippen molar-refractivity contribution in [2.45, 2.75) is 6.92 Å². The zero-order valence-electron chi connectivity index (χ0n) is 8.51. The highest BCUT2D eigenvalue weighted by Crippen LogP contribution is 2.19. The lowest BCUT2D eigenvalue weighted by Crippen LogP contribution is -2.28. The molecule has 2 N–H and O–H groups in total. The first-order valence-electron chi connectivity index (χ1n) is 4.55. The summed E-state index contributed by atoms with van der Waals surface area (Å²) in [5, 5.41) is 6.71. The zero-order chi connectivity index (χ0) is 11.3. The van der Waals surface area contributed by atoms with Gasteiger partial charge in [-0.15, -0.1) is 6.58 Å². The Bertz CT molecular complexity index is 377. The first kappa shape index (κ1) is 12.2. The molecule has 2 nitrogen and oxygen atoms in total. The van der Waals surface area contributed by atoms with Crippen LogP contribution in [0.1, 0.15) is 5.56 Å². The Labute approximate surface area is 104 Å². The third-order valence-corrected chi connectivity index (χ3v) is 2.96. The number of rotatable bonds is 3. The van der Waals surface area contributed by atoms with Crippen molar-refractivity contribution in [2.24, 2.45) is 0 Å². The average molecular weight is 285 g/mol. The van der Waals surface area contributed by atoms with Crippen LogP contribution in [-0.4, -0.2) is 11.7 Å². The highest BCUT2D eigenvalue weighted by atomic mass is 79.9. The molecule has 0 atom stereocenters. The number of nitrogens with one attached hydrogen (secondary N) is 2. The summed E-state index contributed by atoms with van der Waals surface area (Å²) in [4.78, 5) is 0.